The summed E-state index contributed by atoms with van der Waals surface area (Å²) in [4.78, 5) is 18.0. The van der Waals surface area contributed by atoms with Crippen molar-refractivity contribution in [3.8, 4) is 6.07 Å². The second-order valence-electron chi connectivity index (χ2n) is 7.07. The molecule has 5 nitrogen and oxygen atoms in total. The molecule has 3 rings (SSSR count). The van der Waals surface area contributed by atoms with E-state index in [1.807, 2.05) is 54.8 Å². The number of fused-ring (bicyclic) bond motifs is 1. The molecule has 166 valence electrons. The van der Waals surface area contributed by atoms with Gasteiger partial charge in [-0.3, -0.25) is 4.31 Å². The molecular formula is C26H23N3O2S2. The molecule has 0 aliphatic heterocycles. The van der Waals surface area contributed by atoms with E-state index in [0.717, 1.165) is 15.1 Å². The molecule has 0 unspecified atom stereocenters. The minimum atomic E-state index is -0.442. The molecule has 0 fully saturated rings. The van der Waals surface area contributed by atoms with Gasteiger partial charge in [-0.15, -0.1) is 11.3 Å². The van der Waals surface area contributed by atoms with Crippen molar-refractivity contribution in [2.45, 2.75) is 11.8 Å². The first-order chi connectivity index (χ1) is 15.9. The quantitative estimate of drug-likeness (QED) is 0.120. The molecule has 0 radical (unpaired) electrons. The molecule has 0 aliphatic rings. The maximum absolute atomic E-state index is 12.5. The Hall–Kier alpha value is -3.44. The highest BCUT2D eigenvalue weighted by Gasteiger charge is 2.10. The Labute approximate surface area is 202 Å². The molecule has 0 aliphatic carbocycles. The summed E-state index contributed by atoms with van der Waals surface area (Å²) in [7, 11) is 3.91. The Morgan fingerprint density at radius 2 is 1.91 bits per heavy atom. The summed E-state index contributed by atoms with van der Waals surface area (Å²) >= 11 is 3.03. The van der Waals surface area contributed by atoms with E-state index in [-0.39, 0.29) is 0 Å². The molecule has 3 aromatic rings. The molecule has 0 bridgehead atoms. The lowest BCUT2D eigenvalue weighted by molar-refractivity contribution is 0.0636. The zero-order valence-electron chi connectivity index (χ0n) is 18.6. The second kappa shape index (κ2) is 11.4. The molecular weight excluding hydrogens is 450 g/mol. The third kappa shape index (κ3) is 6.77. The number of aromatic nitrogens is 1. The second-order valence-corrected chi connectivity index (χ2v) is 9.49. The number of hydrogen-bond acceptors (Lipinski definition) is 7. The van der Waals surface area contributed by atoms with Gasteiger partial charge >= 0.3 is 5.97 Å². The van der Waals surface area contributed by atoms with Crippen LogP contribution in [0.5, 0.6) is 0 Å². The van der Waals surface area contributed by atoms with Gasteiger partial charge in [-0.05, 0) is 93.2 Å². The fourth-order valence-electron chi connectivity index (χ4n) is 2.77. The van der Waals surface area contributed by atoms with Crippen LogP contribution in [0.25, 0.3) is 15.8 Å². The van der Waals surface area contributed by atoms with Crippen LogP contribution in [0.1, 0.15) is 22.3 Å². The number of esters is 1. The number of carbonyl (C=O) groups excluding carboxylic acids is 1. The maximum atomic E-state index is 12.5. The van der Waals surface area contributed by atoms with Gasteiger partial charge in [0, 0.05) is 4.90 Å². The van der Waals surface area contributed by atoms with E-state index in [1.54, 1.807) is 55.3 Å². The van der Waals surface area contributed by atoms with Gasteiger partial charge in [0.15, 0.2) is 0 Å². The van der Waals surface area contributed by atoms with E-state index in [0.29, 0.717) is 27.5 Å². The Morgan fingerprint density at radius 3 is 2.55 bits per heavy atom. The lowest BCUT2D eigenvalue weighted by Crippen LogP contribution is -2.04. The van der Waals surface area contributed by atoms with E-state index in [4.69, 9.17) is 4.74 Å². The van der Waals surface area contributed by atoms with E-state index in [2.05, 4.69) is 17.6 Å². The van der Waals surface area contributed by atoms with Gasteiger partial charge in [-0.1, -0.05) is 24.8 Å². The first kappa shape index (κ1) is 24.2. The van der Waals surface area contributed by atoms with Crippen LogP contribution in [0.4, 0.5) is 0 Å². The SMILES string of the molecule is C=C(/C=C\C(=C/C)OC(=O)c1ccc(SN(C)C)cc1)/C=C(\C#N)c1nc2ccccc2s1. The molecule has 0 N–H and O–H groups in total. The van der Waals surface area contributed by atoms with Gasteiger partial charge in [0.25, 0.3) is 0 Å². The van der Waals surface area contributed by atoms with Crippen LogP contribution in [0.15, 0.2) is 95.6 Å². The number of carbonyl (C=O) groups is 1. The minimum Gasteiger partial charge on any atom is -0.423 e. The lowest BCUT2D eigenvalue weighted by atomic mass is 10.1. The largest absolute Gasteiger partial charge is 0.423 e. The number of hydrogen-bond donors (Lipinski definition) is 0. The average Bonchev–Trinajstić information content (AvgIpc) is 3.24. The molecule has 2 aromatic carbocycles. The number of nitrogens with zero attached hydrogens (tertiary/aromatic N) is 3. The van der Waals surface area contributed by atoms with E-state index in [9.17, 15) is 10.1 Å². The maximum Gasteiger partial charge on any atom is 0.343 e. The van der Waals surface area contributed by atoms with Gasteiger partial charge < -0.3 is 4.74 Å². The summed E-state index contributed by atoms with van der Waals surface area (Å²) in [5.41, 5.74) is 2.34. The van der Waals surface area contributed by atoms with Crippen LogP contribution in [-0.2, 0) is 4.74 Å². The fourth-order valence-corrected chi connectivity index (χ4v) is 4.38. The number of nitriles is 1. The monoisotopic (exact) mass is 473 g/mol. The standard InChI is InChI=1S/C26H23N3O2S2/c1-5-21(31-26(30)19-11-14-22(15-12-19)33-29(3)4)13-10-18(2)16-20(17-27)25-28-23-8-6-7-9-24(23)32-25/h5-16H,2H2,1,3-4H3/b13-10-,20-16+,21-5+. The van der Waals surface area contributed by atoms with Crippen LogP contribution < -0.4 is 0 Å². The number of rotatable bonds is 8. The van der Waals surface area contributed by atoms with E-state index in [1.165, 1.54) is 11.3 Å². The lowest BCUT2D eigenvalue weighted by Gasteiger charge is -2.09. The van der Waals surface area contributed by atoms with Crippen LogP contribution in [0.3, 0.4) is 0 Å². The topological polar surface area (TPSA) is 66.2 Å². The van der Waals surface area contributed by atoms with Gasteiger partial charge in [0.2, 0.25) is 0 Å². The smallest absolute Gasteiger partial charge is 0.343 e. The Morgan fingerprint density at radius 1 is 1.18 bits per heavy atom. The Bertz CT molecular complexity index is 1260. The first-order valence-electron chi connectivity index (χ1n) is 10.1. The summed E-state index contributed by atoms with van der Waals surface area (Å²) in [5.74, 6) is -0.0534. The van der Waals surface area contributed by atoms with Crippen LogP contribution in [0, 0.1) is 11.3 Å². The minimum absolute atomic E-state index is 0.389. The Kier molecular flexibility index (Phi) is 8.39. The summed E-state index contributed by atoms with van der Waals surface area (Å²) in [5, 5.41) is 10.2. The molecule has 33 heavy (non-hydrogen) atoms. The van der Waals surface area contributed by atoms with E-state index < -0.39 is 5.97 Å². The molecule has 0 saturated heterocycles. The third-order valence-corrected chi connectivity index (χ3v) is 6.23. The van der Waals surface area contributed by atoms with Crippen molar-refractivity contribution < 1.29 is 9.53 Å². The van der Waals surface area contributed by atoms with Crippen molar-refractivity contribution in [3.05, 3.63) is 101 Å². The third-order valence-electron chi connectivity index (χ3n) is 4.31. The van der Waals surface area contributed by atoms with Crippen LogP contribution in [0.2, 0.25) is 0 Å². The highest BCUT2D eigenvalue weighted by Crippen LogP contribution is 2.27. The summed E-state index contributed by atoms with van der Waals surface area (Å²) in [6, 6.07) is 17.2. The van der Waals surface area contributed by atoms with E-state index >= 15 is 0 Å². The molecule has 0 amide bonds. The van der Waals surface area contributed by atoms with Crippen LogP contribution >= 0.6 is 23.3 Å². The van der Waals surface area contributed by atoms with Gasteiger partial charge in [0.1, 0.15) is 16.8 Å². The number of ether oxygens (including phenoxy) is 1. The van der Waals surface area contributed by atoms with Crippen molar-refractivity contribution in [1.29, 1.82) is 5.26 Å². The summed E-state index contributed by atoms with van der Waals surface area (Å²) < 4.78 is 8.49. The zero-order chi connectivity index (χ0) is 23.8. The predicted molar refractivity (Wildman–Crippen MR) is 137 cm³/mol. The van der Waals surface area contributed by atoms with Crippen molar-refractivity contribution in [3.63, 3.8) is 0 Å². The zero-order valence-corrected chi connectivity index (χ0v) is 20.2. The van der Waals surface area contributed by atoms with Gasteiger partial charge in [-0.2, -0.15) is 5.26 Å². The fraction of sp³-hybridized carbons (Fsp3) is 0.115. The molecule has 0 saturated carbocycles. The Balaban J connectivity index is 1.67. The number of para-hydroxylation sites is 1. The molecule has 0 atom stereocenters. The van der Waals surface area contributed by atoms with Crippen molar-refractivity contribution in [2.75, 3.05) is 14.1 Å². The van der Waals surface area contributed by atoms with Gasteiger partial charge in [0.05, 0.1) is 21.4 Å². The highest BCUT2D eigenvalue weighted by molar-refractivity contribution is 7.97. The number of thiazole rings is 1. The van der Waals surface area contributed by atoms with Crippen molar-refractivity contribution in [1.82, 2.24) is 9.29 Å². The average molecular weight is 474 g/mol. The summed E-state index contributed by atoms with van der Waals surface area (Å²) in [6.45, 7) is 5.77. The molecule has 7 heteroatoms. The summed E-state index contributed by atoms with van der Waals surface area (Å²) in [6.07, 6.45) is 6.72. The predicted octanol–water partition coefficient (Wildman–Crippen LogP) is 6.65. The number of benzene rings is 2. The molecule has 1 heterocycles. The van der Waals surface area contributed by atoms with Gasteiger partial charge in [-0.25, -0.2) is 9.78 Å². The highest BCUT2D eigenvalue weighted by atomic mass is 32.2. The molecule has 0 spiro atoms. The first-order valence-corrected chi connectivity index (χ1v) is 11.7. The van der Waals surface area contributed by atoms with Crippen molar-refractivity contribution in [2.24, 2.45) is 0 Å². The number of allylic oxidation sites excluding steroid dienone is 6. The normalized spacial score (nSPS) is 12.3. The van der Waals surface area contributed by atoms with Crippen molar-refractivity contribution >= 4 is 45.0 Å². The molecule has 1 aromatic heterocycles. The van der Waals surface area contributed by atoms with Crippen LogP contribution in [-0.4, -0.2) is 29.4 Å².